The molecule has 6 nitrogen and oxygen atoms in total. The van der Waals surface area contributed by atoms with Gasteiger partial charge in [-0.1, -0.05) is 5.16 Å². The van der Waals surface area contributed by atoms with Gasteiger partial charge >= 0.3 is 5.97 Å². The highest BCUT2D eigenvalue weighted by molar-refractivity contribution is 5.78. The highest BCUT2D eigenvalue weighted by atomic mass is 16.6. The Morgan fingerprint density at radius 3 is 3.10 bits per heavy atom. The normalized spacial score (nSPS) is 20.1. The molecule has 20 heavy (non-hydrogen) atoms. The fourth-order valence-corrected chi connectivity index (χ4v) is 2.23. The number of rotatable bonds is 6. The molecule has 0 amide bonds. The number of nitrogens with zero attached hydrogens (tertiary/aromatic N) is 3. The first-order valence-electron chi connectivity index (χ1n) is 6.76. The van der Waals surface area contributed by atoms with Gasteiger partial charge in [-0.2, -0.15) is 0 Å². The van der Waals surface area contributed by atoms with Gasteiger partial charge in [0, 0.05) is 25.5 Å². The number of carboxylic acid groups (broad SMARTS) is 1. The SMILES string of the molecule is O=C(O)C1CCCN(CCO/N=C/c2ccncc2)C1. The lowest BCUT2D eigenvalue weighted by Gasteiger charge is -2.29. The van der Waals surface area contributed by atoms with E-state index in [1.807, 2.05) is 12.1 Å². The van der Waals surface area contributed by atoms with E-state index in [-0.39, 0.29) is 5.92 Å². The number of aromatic nitrogens is 1. The van der Waals surface area contributed by atoms with Crippen LogP contribution in [0.4, 0.5) is 0 Å². The number of hydrogen-bond acceptors (Lipinski definition) is 5. The lowest BCUT2D eigenvalue weighted by atomic mass is 9.98. The minimum Gasteiger partial charge on any atom is -0.481 e. The van der Waals surface area contributed by atoms with E-state index in [1.54, 1.807) is 18.6 Å². The molecule has 108 valence electrons. The predicted molar refractivity (Wildman–Crippen MR) is 74.6 cm³/mol. The molecule has 1 aliphatic heterocycles. The zero-order valence-electron chi connectivity index (χ0n) is 11.3. The average molecular weight is 277 g/mol. The number of likely N-dealkylation sites (tertiary alicyclic amines) is 1. The van der Waals surface area contributed by atoms with Crippen molar-refractivity contribution in [2.75, 3.05) is 26.2 Å². The van der Waals surface area contributed by atoms with Crippen molar-refractivity contribution in [3.8, 4) is 0 Å². The molecule has 0 aliphatic carbocycles. The number of carboxylic acids is 1. The summed E-state index contributed by atoms with van der Waals surface area (Å²) in [6.07, 6.45) is 6.73. The molecule has 2 rings (SSSR count). The Kier molecular flexibility index (Phi) is 5.49. The van der Waals surface area contributed by atoms with E-state index in [9.17, 15) is 4.79 Å². The zero-order valence-corrected chi connectivity index (χ0v) is 11.3. The van der Waals surface area contributed by atoms with Crippen LogP contribution in [0.3, 0.4) is 0 Å². The monoisotopic (exact) mass is 277 g/mol. The largest absolute Gasteiger partial charge is 0.481 e. The summed E-state index contributed by atoms with van der Waals surface area (Å²) in [6, 6.07) is 3.68. The smallest absolute Gasteiger partial charge is 0.307 e. The van der Waals surface area contributed by atoms with Gasteiger partial charge in [0.15, 0.2) is 0 Å². The first-order valence-corrected chi connectivity index (χ1v) is 6.76. The second kappa shape index (κ2) is 7.59. The number of oxime groups is 1. The molecule has 1 atom stereocenters. The Bertz CT molecular complexity index is 450. The number of piperidine rings is 1. The second-order valence-corrected chi connectivity index (χ2v) is 4.83. The molecule has 0 radical (unpaired) electrons. The lowest BCUT2D eigenvalue weighted by molar-refractivity contribution is -0.143. The summed E-state index contributed by atoms with van der Waals surface area (Å²) in [5.74, 6) is -0.949. The molecular weight excluding hydrogens is 258 g/mol. The molecule has 0 aromatic carbocycles. The molecule has 0 bridgehead atoms. The molecule has 6 heteroatoms. The van der Waals surface area contributed by atoms with E-state index >= 15 is 0 Å². The predicted octanol–water partition coefficient (Wildman–Crippen LogP) is 1.23. The van der Waals surface area contributed by atoms with Gasteiger partial charge in [0.2, 0.25) is 0 Å². The van der Waals surface area contributed by atoms with E-state index < -0.39 is 5.97 Å². The van der Waals surface area contributed by atoms with E-state index in [0.29, 0.717) is 19.7 Å². The van der Waals surface area contributed by atoms with Crippen molar-refractivity contribution in [3.63, 3.8) is 0 Å². The fourth-order valence-electron chi connectivity index (χ4n) is 2.23. The van der Waals surface area contributed by atoms with Gasteiger partial charge in [0.05, 0.1) is 12.1 Å². The van der Waals surface area contributed by atoms with Crippen molar-refractivity contribution >= 4 is 12.2 Å². The van der Waals surface area contributed by atoms with Crippen LogP contribution in [0.2, 0.25) is 0 Å². The number of hydrogen-bond donors (Lipinski definition) is 1. The summed E-state index contributed by atoms with van der Waals surface area (Å²) >= 11 is 0. The number of carbonyl (C=O) groups is 1. The molecule has 1 aromatic rings. The third-order valence-electron chi connectivity index (χ3n) is 3.34. The van der Waals surface area contributed by atoms with Crippen LogP contribution >= 0.6 is 0 Å². The molecule has 1 aromatic heterocycles. The van der Waals surface area contributed by atoms with Gasteiger partial charge in [0.1, 0.15) is 6.61 Å². The van der Waals surface area contributed by atoms with Crippen LogP contribution in [-0.4, -0.2) is 53.4 Å². The van der Waals surface area contributed by atoms with Crippen molar-refractivity contribution in [2.45, 2.75) is 12.8 Å². The van der Waals surface area contributed by atoms with Crippen molar-refractivity contribution in [1.82, 2.24) is 9.88 Å². The minimum atomic E-state index is -0.702. The molecule has 2 heterocycles. The van der Waals surface area contributed by atoms with Crippen molar-refractivity contribution in [1.29, 1.82) is 0 Å². The van der Waals surface area contributed by atoms with Crippen LogP contribution in [0, 0.1) is 5.92 Å². The van der Waals surface area contributed by atoms with Crippen LogP contribution in [0.15, 0.2) is 29.7 Å². The molecule has 1 fully saturated rings. The topological polar surface area (TPSA) is 75.0 Å². The Balaban J connectivity index is 1.66. The highest BCUT2D eigenvalue weighted by Crippen LogP contribution is 2.16. The molecule has 1 saturated heterocycles. The Morgan fingerprint density at radius 1 is 1.55 bits per heavy atom. The van der Waals surface area contributed by atoms with E-state index in [1.165, 1.54) is 0 Å². The minimum absolute atomic E-state index is 0.246. The maximum absolute atomic E-state index is 10.9. The van der Waals surface area contributed by atoms with E-state index in [0.717, 1.165) is 24.9 Å². The van der Waals surface area contributed by atoms with Crippen LogP contribution in [0.1, 0.15) is 18.4 Å². The summed E-state index contributed by atoms with van der Waals surface area (Å²) < 4.78 is 0. The molecule has 0 saturated carbocycles. The third-order valence-corrected chi connectivity index (χ3v) is 3.34. The number of pyridine rings is 1. The van der Waals surface area contributed by atoms with Gasteiger partial charge in [-0.15, -0.1) is 0 Å². The third kappa shape index (κ3) is 4.62. The van der Waals surface area contributed by atoms with Crippen LogP contribution in [0.5, 0.6) is 0 Å². The quantitative estimate of drug-likeness (QED) is 0.481. The van der Waals surface area contributed by atoms with Crippen LogP contribution < -0.4 is 0 Å². The lowest BCUT2D eigenvalue weighted by Crippen LogP contribution is -2.40. The Labute approximate surface area is 118 Å². The first kappa shape index (κ1) is 14.5. The maximum Gasteiger partial charge on any atom is 0.307 e. The fraction of sp³-hybridized carbons (Fsp3) is 0.500. The molecule has 1 unspecified atom stereocenters. The highest BCUT2D eigenvalue weighted by Gasteiger charge is 2.24. The molecular formula is C14H19N3O3. The summed E-state index contributed by atoms with van der Waals surface area (Å²) in [4.78, 5) is 22.2. The summed E-state index contributed by atoms with van der Waals surface area (Å²) in [5, 5.41) is 12.9. The average Bonchev–Trinajstić information content (AvgIpc) is 2.48. The standard InChI is InChI=1S/C14H19N3O3/c18-14(19)13-2-1-7-17(11-13)8-9-20-16-10-12-3-5-15-6-4-12/h3-6,10,13H,1-2,7-9,11H2,(H,18,19)/b16-10+. The van der Waals surface area contributed by atoms with Gasteiger partial charge in [-0.05, 0) is 37.1 Å². The van der Waals surface area contributed by atoms with E-state index in [2.05, 4.69) is 15.0 Å². The molecule has 0 spiro atoms. The number of aliphatic carboxylic acids is 1. The summed E-state index contributed by atoms with van der Waals surface area (Å²) in [5.41, 5.74) is 0.934. The van der Waals surface area contributed by atoms with Gasteiger partial charge in [-0.3, -0.25) is 14.7 Å². The summed E-state index contributed by atoms with van der Waals surface area (Å²) in [7, 11) is 0. The van der Waals surface area contributed by atoms with Gasteiger partial charge in [-0.25, -0.2) is 0 Å². The van der Waals surface area contributed by atoms with E-state index in [4.69, 9.17) is 9.94 Å². The molecule has 1 N–H and O–H groups in total. The van der Waals surface area contributed by atoms with Crippen LogP contribution in [0.25, 0.3) is 0 Å². The summed E-state index contributed by atoms with van der Waals surface area (Å²) in [6.45, 7) is 2.71. The Hall–Kier alpha value is -1.95. The first-order chi connectivity index (χ1) is 9.75. The van der Waals surface area contributed by atoms with Crippen LogP contribution in [-0.2, 0) is 9.63 Å². The second-order valence-electron chi connectivity index (χ2n) is 4.83. The van der Waals surface area contributed by atoms with Gasteiger partial charge in [0.25, 0.3) is 0 Å². The van der Waals surface area contributed by atoms with Crippen molar-refractivity contribution < 1.29 is 14.7 Å². The van der Waals surface area contributed by atoms with Crippen molar-refractivity contribution in [3.05, 3.63) is 30.1 Å². The zero-order chi connectivity index (χ0) is 14.2. The van der Waals surface area contributed by atoms with Gasteiger partial charge < -0.3 is 9.94 Å². The molecule has 1 aliphatic rings. The Morgan fingerprint density at radius 2 is 2.35 bits per heavy atom. The van der Waals surface area contributed by atoms with Crippen molar-refractivity contribution in [2.24, 2.45) is 11.1 Å². The maximum atomic E-state index is 10.9.